The molecule has 1 atom stereocenters. The molecule has 0 radical (unpaired) electrons. The summed E-state index contributed by atoms with van der Waals surface area (Å²) in [5.41, 5.74) is 0. The standard InChI is InChI=1S/C6H4BrClF2O2/c7-3-1-2-12-4(3)5(11)6(8,9)10/h1-2,5,11H. The molecule has 0 aromatic carbocycles. The monoisotopic (exact) mass is 260 g/mol. The van der Waals surface area contributed by atoms with Crippen molar-refractivity contribution in [1.29, 1.82) is 0 Å². The Balaban J connectivity index is 2.92. The van der Waals surface area contributed by atoms with Crippen LogP contribution < -0.4 is 0 Å². The number of hydrogen-bond acceptors (Lipinski definition) is 2. The van der Waals surface area contributed by atoms with Gasteiger partial charge in [0.1, 0.15) is 0 Å². The Labute approximate surface area is 80.3 Å². The summed E-state index contributed by atoms with van der Waals surface area (Å²) in [6.45, 7) is 0. The lowest BCUT2D eigenvalue weighted by Gasteiger charge is -2.13. The molecule has 0 amide bonds. The molecule has 1 aromatic heterocycles. The average molecular weight is 261 g/mol. The van der Waals surface area contributed by atoms with Crippen molar-refractivity contribution in [2.75, 3.05) is 0 Å². The fraction of sp³-hybridized carbons (Fsp3) is 0.333. The predicted molar refractivity (Wildman–Crippen MR) is 42.2 cm³/mol. The number of aliphatic hydroxyl groups excluding tert-OH is 1. The highest BCUT2D eigenvalue weighted by molar-refractivity contribution is 9.10. The zero-order valence-corrected chi connectivity index (χ0v) is 7.94. The summed E-state index contributed by atoms with van der Waals surface area (Å²) in [7, 11) is 0. The second kappa shape index (κ2) is 3.32. The molecule has 1 aromatic rings. The van der Waals surface area contributed by atoms with Crippen LogP contribution in [-0.2, 0) is 0 Å². The Bertz CT molecular complexity index is 271. The van der Waals surface area contributed by atoms with Gasteiger partial charge in [-0.3, -0.25) is 0 Å². The number of rotatable bonds is 2. The van der Waals surface area contributed by atoms with Gasteiger partial charge in [0.2, 0.25) is 0 Å². The maximum Gasteiger partial charge on any atom is 0.354 e. The highest BCUT2D eigenvalue weighted by Gasteiger charge is 2.40. The van der Waals surface area contributed by atoms with Crippen molar-refractivity contribution in [3.63, 3.8) is 0 Å². The van der Waals surface area contributed by atoms with Crippen LogP contribution in [0.4, 0.5) is 8.78 Å². The third-order valence-corrected chi connectivity index (χ3v) is 2.06. The SMILES string of the molecule is OC(c1occc1Br)C(F)(F)Cl. The van der Waals surface area contributed by atoms with Gasteiger partial charge in [0.15, 0.2) is 11.9 Å². The molecule has 0 saturated heterocycles. The summed E-state index contributed by atoms with van der Waals surface area (Å²) in [5.74, 6) is -0.282. The molecule has 0 aliphatic carbocycles. The number of alkyl halides is 3. The van der Waals surface area contributed by atoms with Crippen LogP contribution in [0.3, 0.4) is 0 Å². The second-order valence-corrected chi connectivity index (χ2v) is 3.44. The highest BCUT2D eigenvalue weighted by Crippen LogP contribution is 2.38. The molecule has 1 heterocycles. The zero-order chi connectivity index (χ0) is 9.35. The fourth-order valence-electron chi connectivity index (χ4n) is 0.649. The van der Waals surface area contributed by atoms with Crippen LogP contribution in [0.25, 0.3) is 0 Å². The Morgan fingerprint density at radius 1 is 1.67 bits per heavy atom. The molecular weight excluding hydrogens is 257 g/mol. The number of furan rings is 1. The van der Waals surface area contributed by atoms with Crippen LogP contribution in [0, 0.1) is 0 Å². The van der Waals surface area contributed by atoms with Crippen molar-refractivity contribution in [3.05, 3.63) is 22.6 Å². The molecule has 0 fully saturated rings. The van der Waals surface area contributed by atoms with Gasteiger partial charge in [-0.05, 0) is 33.6 Å². The van der Waals surface area contributed by atoms with Gasteiger partial charge in [-0.25, -0.2) is 0 Å². The molecule has 6 heteroatoms. The van der Waals surface area contributed by atoms with E-state index >= 15 is 0 Å². The van der Waals surface area contributed by atoms with Crippen molar-refractivity contribution in [2.24, 2.45) is 0 Å². The minimum atomic E-state index is -3.72. The van der Waals surface area contributed by atoms with Crippen molar-refractivity contribution in [3.8, 4) is 0 Å². The van der Waals surface area contributed by atoms with Gasteiger partial charge in [-0.2, -0.15) is 8.78 Å². The van der Waals surface area contributed by atoms with E-state index in [1.807, 2.05) is 0 Å². The molecule has 12 heavy (non-hydrogen) atoms. The molecule has 0 aliphatic rings. The smallest absolute Gasteiger partial charge is 0.354 e. The summed E-state index contributed by atoms with van der Waals surface area (Å²) in [6.07, 6.45) is -0.964. The van der Waals surface area contributed by atoms with E-state index in [4.69, 9.17) is 5.11 Å². The first-order valence-corrected chi connectivity index (χ1v) is 4.07. The quantitative estimate of drug-likeness (QED) is 0.831. The summed E-state index contributed by atoms with van der Waals surface area (Å²) >= 11 is 7.50. The van der Waals surface area contributed by atoms with Crippen LogP contribution in [0.5, 0.6) is 0 Å². The second-order valence-electron chi connectivity index (χ2n) is 2.08. The van der Waals surface area contributed by atoms with Crippen LogP contribution in [0.1, 0.15) is 11.9 Å². The van der Waals surface area contributed by atoms with Crippen LogP contribution >= 0.6 is 27.5 Å². The maximum absolute atomic E-state index is 12.3. The van der Waals surface area contributed by atoms with Gasteiger partial charge in [0, 0.05) is 0 Å². The van der Waals surface area contributed by atoms with E-state index in [0.29, 0.717) is 0 Å². The molecule has 2 nitrogen and oxygen atoms in total. The van der Waals surface area contributed by atoms with E-state index in [-0.39, 0.29) is 10.2 Å². The lowest BCUT2D eigenvalue weighted by molar-refractivity contribution is -0.0531. The Kier molecular flexibility index (Phi) is 2.75. The molecule has 1 unspecified atom stereocenters. The fourth-order valence-corrected chi connectivity index (χ4v) is 1.17. The van der Waals surface area contributed by atoms with Gasteiger partial charge >= 0.3 is 5.38 Å². The Hall–Kier alpha value is -0.130. The number of halogens is 4. The third-order valence-electron chi connectivity index (χ3n) is 1.20. The zero-order valence-electron chi connectivity index (χ0n) is 5.60. The first-order valence-electron chi connectivity index (χ1n) is 2.90. The van der Waals surface area contributed by atoms with E-state index in [1.54, 1.807) is 0 Å². The van der Waals surface area contributed by atoms with E-state index in [1.165, 1.54) is 12.3 Å². The minimum absolute atomic E-state index is 0.260. The van der Waals surface area contributed by atoms with Gasteiger partial charge in [0.25, 0.3) is 0 Å². The molecule has 68 valence electrons. The molecule has 1 N–H and O–H groups in total. The summed E-state index contributed by atoms with van der Waals surface area (Å²) in [4.78, 5) is 0. The lowest BCUT2D eigenvalue weighted by atomic mass is 10.3. The highest BCUT2D eigenvalue weighted by atomic mass is 79.9. The summed E-state index contributed by atoms with van der Waals surface area (Å²) in [5, 5.41) is 5.20. The first kappa shape index (κ1) is 9.95. The van der Waals surface area contributed by atoms with E-state index in [2.05, 4.69) is 31.9 Å². The number of aliphatic hydroxyl groups is 1. The van der Waals surface area contributed by atoms with Crippen molar-refractivity contribution >= 4 is 27.5 Å². The summed E-state index contributed by atoms with van der Waals surface area (Å²) < 4.78 is 29.4. The van der Waals surface area contributed by atoms with E-state index < -0.39 is 11.5 Å². The largest absolute Gasteiger partial charge is 0.465 e. The number of hydrogen-bond donors (Lipinski definition) is 1. The van der Waals surface area contributed by atoms with E-state index in [9.17, 15) is 8.78 Å². The Morgan fingerprint density at radius 2 is 2.25 bits per heavy atom. The van der Waals surface area contributed by atoms with Crippen molar-refractivity contribution in [2.45, 2.75) is 11.5 Å². The van der Waals surface area contributed by atoms with Crippen LogP contribution in [0.2, 0.25) is 0 Å². The molecule has 0 saturated carbocycles. The van der Waals surface area contributed by atoms with Crippen LogP contribution in [-0.4, -0.2) is 10.5 Å². The third kappa shape index (κ3) is 1.97. The summed E-state index contributed by atoms with van der Waals surface area (Å²) in [6, 6.07) is 1.39. The maximum atomic E-state index is 12.3. The van der Waals surface area contributed by atoms with E-state index in [0.717, 1.165) is 0 Å². The minimum Gasteiger partial charge on any atom is -0.465 e. The van der Waals surface area contributed by atoms with Crippen molar-refractivity contribution in [1.82, 2.24) is 0 Å². The molecule has 0 bridgehead atoms. The molecule has 0 aliphatic heterocycles. The lowest BCUT2D eigenvalue weighted by Crippen LogP contribution is -2.18. The van der Waals surface area contributed by atoms with Gasteiger partial charge in [-0.1, -0.05) is 0 Å². The molecule has 1 rings (SSSR count). The average Bonchev–Trinajstić information content (AvgIpc) is 2.31. The molecule has 0 spiro atoms. The van der Waals surface area contributed by atoms with Crippen molar-refractivity contribution < 1.29 is 18.3 Å². The van der Waals surface area contributed by atoms with Gasteiger partial charge in [-0.15, -0.1) is 0 Å². The van der Waals surface area contributed by atoms with Gasteiger partial charge in [0.05, 0.1) is 10.7 Å². The Morgan fingerprint density at radius 3 is 2.58 bits per heavy atom. The predicted octanol–water partition coefficient (Wildman–Crippen LogP) is 2.91. The van der Waals surface area contributed by atoms with Crippen LogP contribution in [0.15, 0.2) is 21.2 Å². The normalized spacial score (nSPS) is 14.8. The first-order chi connectivity index (χ1) is 5.43. The topological polar surface area (TPSA) is 33.4 Å². The molecular formula is C6H4BrClF2O2. The van der Waals surface area contributed by atoms with Gasteiger partial charge < -0.3 is 9.52 Å².